The molecule has 2 aromatic heterocycles. The number of hydrogen-bond acceptors (Lipinski definition) is 7. The molecule has 208 valence electrons. The number of likely N-dealkylation sites (tertiary alicyclic amines) is 1. The third kappa shape index (κ3) is 5.75. The van der Waals surface area contributed by atoms with Gasteiger partial charge in [0.2, 0.25) is 0 Å². The minimum Gasteiger partial charge on any atom is -0.391 e. The number of hydrogen-bond donors (Lipinski definition) is 3. The first-order valence-electron chi connectivity index (χ1n) is 12.3. The maximum Gasteiger partial charge on any atom is 0.408 e. The van der Waals surface area contributed by atoms with Crippen molar-refractivity contribution in [1.29, 1.82) is 0 Å². The zero-order chi connectivity index (χ0) is 27.8. The largest absolute Gasteiger partial charge is 0.408 e. The van der Waals surface area contributed by atoms with E-state index in [1.807, 2.05) is 6.92 Å². The highest BCUT2D eigenvalue weighted by Crippen LogP contribution is 2.39. The van der Waals surface area contributed by atoms with Gasteiger partial charge in [0.15, 0.2) is 5.01 Å². The molecule has 0 unspecified atom stereocenters. The number of aliphatic hydroxyl groups is 1. The number of rotatable bonds is 8. The highest BCUT2D eigenvalue weighted by molar-refractivity contribution is 7.17. The van der Waals surface area contributed by atoms with Gasteiger partial charge in [0, 0.05) is 29.9 Å². The van der Waals surface area contributed by atoms with Gasteiger partial charge in [-0.1, -0.05) is 6.92 Å². The number of carbonyl (C=O) groups excluding carboxylic acids is 2. The fourth-order valence-electron chi connectivity index (χ4n) is 4.51. The Morgan fingerprint density at radius 2 is 2.00 bits per heavy atom. The maximum atomic E-state index is 14.2. The second kappa shape index (κ2) is 11.1. The summed E-state index contributed by atoms with van der Waals surface area (Å²) in [6, 6.07) is -1.75. The third-order valence-corrected chi connectivity index (χ3v) is 8.02. The number of aliphatic hydroxyl groups excluding tert-OH is 1. The molecule has 14 heteroatoms. The molecule has 3 heterocycles. The Balaban J connectivity index is 1.74. The molecule has 1 aliphatic carbocycles. The summed E-state index contributed by atoms with van der Waals surface area (Å²) in [6.45, 7) is 3.59. The molecule has 8 nitrogen and oxygen atoms in total. The number of thiazole rings is 1. The Morgan fingerprint density at radius 3 is 2.53 bits per heavy atom. The molecule has 2 amide bonds. The van der Waals surface area contributed by atoms with E-state index < -0.39 is 54.0 Å². The molecule has 0 bridgehead atoms. The number of aromatic nitrogens is 2. The van der Waals surface area contributed by atoms with Crippen LogP contribution in [0.15, 0.2) is 12.3 Å². The molecule has 2 aliphatic rings. The number of carbonyl (C=O) groups is 2. The number of nitrogens with zero attached hydrogens (tertiary/aromatic N) is 3. The lowest BCUT2D eigenvalue weighted by atomic mass is 9.89. The molecule has 38 heavy (non-hydrogen) atoms. The SMILES string of the molecule is CC[C@H](Nc1cc(C(F)F)c(-c2sc(C(=O)N[C@@H]3CC[C@@H]3O)nc2C(=O)N2CCC[C@@H]2C)cn1)C(F)(F)F. The number of alkyl halides is 5. The predicted octanol–water partition coefficient (Wildman–Crippen LogP) is 4.77. The number of anilines is 1. The van der Waals surface area contributed by atoms with Crippen LogP contribution < -0.4 is 10.6 Å². The van der Waals surface area contributed by atoms with Crippen molar-refractivity contribution in [2.24, 2.45) is 0 Å². The van der Waals surface area contributed by atoms with Gasteiger partial charge in [-0.15, -0.1) is 11.3 Å². The van der Waals surface area contributed by atoms with E-state index in [1.54, 1.807) is 4.90 Å². The number of halogens is 5. The summed E-state index contributed by atoms with van der Waals surface area (Å²) < 4.78 is 68.0. The highest BCUT2D eigenvalue weighted by atomic mass is 32.1. The lowest BCUT2D eigenvalue weighted by Crippen LogP contribution is -2.50. The van der Waals surface area contributed by atoms with Crippen molar-refractivity contribution in [3.05, 3.63) is 28.5 Å². The summed E-state index contributed by atoms with van der Waals surface area (Å²) in [5.41, 5.74) is -1.04. The first kappa shape index (κ1) is 28.1. The summed E-state index contributed by atoms with van der Waals surface area (Å²) in [6.07, 6.45) is -5.20. The molecule has 4 atom stereocenters. The molecule has 1 aliphatic heterocycles. The van der Waals surface area contributed by atoms with Gasteiger partial charge < -0.3 is 20.6 Å². The van der Waals surface area contributed by atoms with E-state index in [4.69, 9.17) is 0 Å². The van der Waals surface area contributed by atoms with Gasteiger partial charge >= 0.3 is 6.18 Å². The van der Waals surface area contributed by atoms with Crippen molar-refractivity contribution >= 4 is 29.0 Å². The minimum atomic E-state index is -4.61. The van der Waals surface area contributed by atoms with Crippen LogP contribution in [0, 0.1) is 0 Å². The molecule has 0 aromatic carbocycles. The van der Waals surface area contributed by atoms with Gasteiger partial charge in [0.05, 0.1) is 17.0 Å². The van der Waals surface area contributed by atoms with E-state index in [2.05, 4.69) is 20.6 Å². The molecular weight excluding hydrogens is 533 g/mol. The van der Waals surface area contributed by atoms with Crippen molar-refractivity contribution < 1.29 is 36.6 Å². The Kier molecular flexibility index (Phi) is 8.21. The van der Waals surface area contributed by atoms with E-state index in [1.165, 1.54) is 6.92 Å². The van der Waals surface area contributed by atoms with Crippen molar-refractivity contribution in [2.75, 3.05) is 11.9 Å². The second-order valence-corrected chi connectivity index (χ2v) is 10.5. The third-order valence-electron chi connectivity index (χ3n) is 6.93. The topological polar surface area (TPSA) is 107 Å². The van der Waals surface area contributed by atoms with E-state index in [0.717, 1.165) is 36.4 Å². The fourth-order valence-corrected chi connectivity index (χ4v) is 5.50. The quantitative estimate of drug-likeness (QED) is 0.401. The van der Waals surface area contributed by atoms with Crippen LogP contribution in [0.3, 0.4) is 0 Å². The molecular formula is C24H28F5N5O3S. The van der Waals surface area contributed by atoms with Gasteiger partial charge in [0.25, 0.3) is 18.2 Å². The first-order valence-corrected chi connectivity index (χ1v) is 13.1. The lowest BCUT2D eigenvalue weighted by Gasteiger charge is -2.32. The van der Waals surface area contributed by atoms with Gasteiger partial charge in [-0.3, -0.25) is 9.59 Å². The van der Waals surface area contributed by atoms with Crippen molar-refractivity contribution in [3.63, 3.8) is 0 Å². The summed E-state index contributed by atoms with van der Waals surface area (Å²) >= 11 is 0.721. The van der Waals surface area contributed by atoms with Crippen LogP contribution in [0.4, 0.5) is 27.8 Å². The molecule has 0 radical (unpaired) electrons. The van der Waals surface area contributed by atoms with E-state index >= 15 is 0 Å². The standard InChI is InChI=1S/C24H28F5N5O3S/c1-3-16(24(27,28)29)32-17-9-12(20(25)26)13(10-30-17)19-18(23(37)34-8-4-5-11(34)2)33-22(38-19)21(36)31-14-6-7-15(14)35/h9-11,14-16,20,35H,3-8H2,1-2H3,(H,30,32)(H,31,36)/t11-,14+,15-,16-/m0/s1. The zero-order valence-electron chi connectivity index (χ0n) is 20.7. The van der Waals surface area contributed by atoms with Crippen LogP contribution in [-0.2, 0) is 0 Å². The van der Waals surface area contributed by atoms with E-state index in [0.29, 0.717) is 19.4 Å². The van der Waals surface area contributed by atoms with Crippen LogP contribution in [0.1, 0.15) is 78.2 Å². The summed E-state index contributed by atoms with van der Waals surface area (Å²) in [5, 5.41) is 14.4. The molecule has 2 aromatic rings. The van der Waals surface area contributed by atoms with Crippen molar-refractivity contribution in [3.8, 4) is 10.4 Å². The highest BCUT2D eigenvalue weighted by Gasteiger charge is 2.39. The van der Waals surface area contributed by atoms with Crippen LogP contribution in [0.5, 0.6) is 0 Å². The molecule has 2 fully saturated rings. The van der Waals surface area contributed by atoms with Gasteiger partial charge in [-0.25, -0.2) is 18.7 Å². The van der Waals surface area contributed by atoms with E-state index in [-0.39, 0.29) is 33.6 Å². The van der Waals surface area contributed by atoms with Crippen LogP contribution in [-0.4, -0.2) is 68.7 Å². The molecule has 0 spiro atoms. The predicted molar refractivity (Wildman–Crippen MR) is 130 cm³/mol. The Morgan fingerprint density at radius 1 is 1.26 bits per heavy atom. The minimum absolute atomic E-state index is 0.0226. The van der Waals surface area contributed by atoms with Gasteiger partial charge in [0.1, 0.15) is 17.6 Å². The van der Waals surface area contributed by atoms with Gasteiger partial charge in [-0.2, -0.15) is 13.2 Å². The van der Waals surface area contributed by atoms with Crippen molar-refractivity contribution in [2.45, 2.75) is 82.8 Å². The lowest BCUT2D eigenvalue weighted by molar-refractivity contribution is -0.142. The molecule has 1 saturated carbocycles. The van der Waals surface area contributed by atoms with E-state index in [9.17, 15) is 36.6 Å². The first-order chi connectivity index (χ1) is 17.9. The van der Waals surface area contributed by atoms with Crippen LogP contribution in [0.2, 0.25) is 0 Å². The average Bonchev–Trinajstić information content (AvgIpc) is 3.50. The number of nitrogens with one attached hydrogen (secondary N) is 2. The summed E-state index contributed by atoms with van der Waals surface area (Å²) in [5.74, 6) is -1.58. The summed E-state index contributed by atoms with van der Waals surface area (Å²) in [7, 11) is 0. The van der Waals surface area contributed by atoms with Crippen molar-refractivity contribution in [1.82, 2.24) is 20.2 Å². The van der Waals surface area contributed by atoms with Gasteiger partial charge in [-0.05, 0) is 45.1 Å². The Bertz CT molecular complexity index is 1190. The average molecular weight is 562 g/mol. The second-order valence-electron chi connectivity index (χ2n) is 9.52. The zero-order valence-corrected chi connectivity index (χ0v) is 21.5. The Labute approximate surface area is 219 Å². The number of pyridine rings is 1. The molecule has 1 saturated heterocycles. The Hall–Kier alpha value is -2.87. The smallest absolute Gasteiger partial charge is 0.391 e. The normalized spacial score (nSPS) is 22.3. The van der Waals surface area contributed by atoms with Crippen LogP contribution in [0.25, 0.3) is 10.4 Å². The summed E-state index contributed by atoms with van der Waals surface area (Å²) in [4.78, 5) is 35.9. The fraction of sp³-hybridized carbons (Fsp3) is 0.583. The number of amides is 2. The maximum absolute atomic E-state index is 14.2. The monoisotopic (exact) mass is 561 g/mol. The van der Waals surface area contributed by atoms with Crippen LogP contribution >= 0.6 is 11.3 Å². The molecule has 4 rings (SSSR count). The molecule has 3 N–H and O–H groups in total.